The van der Waals surface area contributed by atoms with Gasteiger partial charge in [0, 0.05) is 23.3 Å². The Labute approximate surface area is 109 Å². The van der Waals surface area contributed by atoms with E-state index in [0.717, 1.165) is 17.8 Å². The van der Waals surface area contributed by atoms with Gasteiger partial charge in [0.05, 0.1) is 5.52 Å². The van der Waals surface area contributed by atoms with Crippen LogP contribution in [0.15, 0.2) is 30.3 Å². The lowest BCUT2D eigenvalue weighted by Gasteiger charge is -2.10. The number of hydrogen-bond acceptors (Lipinski definition) is 2. The van der Waals surface area contributed by atoms with Crippen LogP contribution in [0.4, 0.5) is 5.69 Å². The standard InChI is InChI=1S/C16H22N2/c1-3-4-5-8-11-17-16-12-13(2)18-15-10-7-6-9-14(15)16/h6-7,9-10,12H,3-5,8,11H2,1-2H3,(H,17,18). The summed E-state index contributed by atoms with van der Waals surface area (Å²) in [7, 11) is 0. The number of rotatable bonds is 6. The maximum Gasteiger partial charge on any atom is 0.0725 e. The molecule has 0 aliphatic heterocycles. The highest BCUT2D eigenvalue weighted by molar-refractivity contribution is 5.91. The van der Waals surface area contributed by atoms with Crippen LogP contribution in [0, 0.1) is 6.92 Å². The molecule has 0 saturated heterocycles. The Balaban J connectivity index is 2.07. The van der Waals surface area contributed by atoms with E-state index in [4.69, 9.17) is 0 Å². The van der Waals surface area contributed by atoms with E-state index in [1.807, 2.05) is 6.07 Å². The fourth-order valence-electron chi connectivity index (χ4n) is 2.23. The number of pyridine rings is 1. The van der Waals surface area contributed by atoms with Crippen LogP contribution in [-0.2, 0) is 0 Å². The third-order valence-corrected chi connectivity index (χ3v) is 3.19. The molecule has 0 spiro atoms. The largest absolute Gasteiger partial charge is 0.384 e. The molecule has 2 aromatic rings. The van der Waals surface area contributed by atoms with Crippen LogP contribution < -0.4 is 5.32 Å². The van der Waals surface area contributed by atoms with Gasteiger partial charge < -0.3 is 5.32 Å². The smallest absolute Gasteiger partial charge is 0.0725 e. The highest BCUT2D eigenvalue weighted by Crippen LogP contribution is 2.22. The molecule has 0 amide bonds. The molecule has 0 saturated carbocycles. The number of para-hydroxylation sites is 1. The molecular formula is C16H22N2. The molecule has 2 rings (SSSR count). The summed E-state index contributed by atoms with van der Waals surface area (Å²) in [4.78, 5) is 4.55. The Morgan fingerprint density at radius 1 is 1.11 bits per heavy atom. The minimum absolute atomic E-state index is 1.05. The SMILES string of the molecule is CCCCCCNc1cc(C)nc2ccccc12. The quantitative estimate of drug-likeness (QED) is 0.752. The second-order valence-corrected chi connectivity index (χ2v) is 4.82. The van der Waals surface area contributed by atoms with E-state index in [2.05, 4.69) is 48.4 Å². The van der Waals surface area contributed by atoms with Gasteiger partial charge in [-0.1, -0.05) is 44.4 Å². The van der Waals surface area contributed by atoms with Gasteiger partial charge in [-0.05, 0) is 25.5 Å². The van der Waals surface area contributed by atoms with Gasteiger partial charge in [0.25, 0.3) is 0 Å². The topological polar surface area (TPSA) is 24.9 Å². The predicted octanol–water partition coefficient (Wildman–Crippen LogP) is 4.54. The van der Waals surface area contributed by atoms with Crippen molar-refractivity contribution in [2.24, 2.45) is 0 Å². The summed E-state index contributed by atoms with van der Waals surface area (Å²) in [6.07, 6.45) is 5.17. The highest BCUT2D eigenvalue weighted by Gasteiger charge is 2.02. The minimum Gasteiger partial charge on any atom is -0.384 e. The van der Waals surface area contributed by atoms with Crippen molar-refractivity contribution in [1.29, 1.82) is 0 Å². The second-order valence-electron chi connectivity index (χ2n) is 4.82. The summed E-state index contributed by atoms with van der Waals surface area (Å²) in [5.74, 6) is 0. The summed E-state index contributed by atoms with van der Waals surface area (Å²) < 4.78 is 0. The number of nitrogens with zero attached hydrogens (tertiary/aromatic N) is 1. The third kappa shape index (κ3) is 3.22. The first kappa shape index (κ1) is 12.9. The number of nitrogens with one attached hydrogen (secondary N) is 1. The van der Waals surface area contributed by atoms with Crippen molar-refractivity contribution in [2.75, 3.05) is 11.9 Å². The van der Waals surface area contributed by atoms with Gasteiger partial charge in [0.15, 0.2) is 0 Å². The Morgan fingerprint density at radius 3 is 2.78 bits per heavy atom. The van der Waals surface area contributed by atoms with Crippen LogP contribution in [-0.4, -0.2) is 11.5 Å². The average molecular weight is 242 g/mol. The van der Waals surface area contributed by atoms with Crippen LogP contribution in [0.3, 0.4) is 0 Å². The molecule has 1 aromatic carbocycles. The molecule has 0 unspecified atom stereocenters. The van der Waals surface area contributed by atoms with Crippen molar-refractivity contribution in [3.8, 4) is 0 Å². The fraction of sp³-hybridized carbons (Fsp3) is 0.438. The zero-order valence-electron chi connectivity index (χ0n) is 11.4. The fourth-order valence-corrected chi connectivity index (χ4v) is 2.23. The van der Waals surface area contributed by atoms with E-state index < -0.39 is 0 Å². The van der Waals surface area contributed by atoms with Gasteiger partial charge in [0.1, 0.15) is 0 Å². The molecular weight excluding hydrogens is 220 g/mol. The molecule has 0 aliphatic carbocycles. The monoisotopic (exact) mass is 242 g/mol. The molecule has 0 fully saturated rings. The summed E-state index contributed by atoms with van der Waals surface area (Å²) in [6, 6.07) is 10.5. The number of unbranched alkanes of at least 4 members (excludes halogenated alkanes) is 3. The second kappa shape index (κ2) is 6.39. The maximum absolute atomic E-state index is 4.55. The van der Waals surface area contributed by atoms with E-state index in [1.165, 1.54) is 36.8 Å². The van der Waals surface area contributed by atoms with Crippen molar-refractivity contribution in [3.63, 3.8) is 0 Å². The van der Waals surface area contributed by atoms with Crippen molar-refractivity contribution in [3.05, 3.63) is 36.0 Å². The Hall–Kier alpha value is -1.57. The van der Waals surface area contributed by atoms with Crippen molar-refractivity contribution < 1.29 is 0 Å². The first-order chi connectivity index (χ1) is 8.81. The molecule has 1 heterocycles. The zero-order chi connectivity index (χ0) is 12.8. The Morgan fingerprint density at radius 2 is 1.94 bits per heavy atom. The molecule has 2 nitrogen and oxygen atoms in total. The van der Waals surface area contributed by atoms with Gasteiger partial charge in [-0.3, -0.25) is 4.98 Å². The number of aryl methyl sites for hydroxylation is 1. The van der Waals surface area contributed by atoms with Crippen molar-refractivity contribution in [1.82, 2.24) is 4.98 Å². The molecule has 0 atom stereocenters. The van der Waals surface area contributed by atoms with E-state index in [9.17, 15) is 0 Å². The molecule has 0 bridgehead atoms. The van der Waals surface area contributed by atoms with Crippen LogP contribution in [0.2, 0.25) is 0 Å². The van der Waals surface area contributed by atoms with Crippen LogP contribution >= 0.6 is 0 Å². The summed E-state index contributed by atoms with van der Waals surface area (Å²) in [5.41, 5.74) is 3.37. The average Bonchev–Trinajstić information content (AvgIpc) is 2.38. The number of benzene rings is 1. The highest BCUT2D eigenvalue weighted by atomic mass is 14.9. The molecule has 0 aliphatic rings. The number of anilines is 1. The first-order valence-electron chi connectivity index (χ1n) is 6.91. The molecule has 1 aromatic heterocycles. The molecule has 1 N–H and O–H groups in total. The molecule has 0 radical (unpaired) electrons. The van der Waals surface area contributed by atoms with Gasteiger partial charge in [-0.25, -0.2) is 0 Å². The van der Waals surface area contributed by atoms with E-state index >= 15 is 0 Å². The minimum atomic E-state index is 1.05. The molecule has 2 heteroatoms. The van der Waals surface area contributed by atoms with Crippen LogP contribution in [0.25, 0.3) is 10.9 Å². The number of hydrogen-bond donors (Lipinski definition) is 1. The van der Waals surface area contributed by atoms with Gasteiger partial charge in [-0.2, -0.15) is 0 Å². The summed E-state index contributed by atoms with van der Waals surface area (Å²) in [5, 5.41) is 4.77. The van der Waals surface area contributed by atoms with E-state index in [0.29, 0.717) is 0 Å². The van der Waals surface area contributed by atoms with E-state index in [1.54, 1.807) is 0 Å². The van der Waals surface area contributed by atoms with Crippen molar-refractivity contribution >= 4 is 16.6 Å². The normalized spacial score (nSPS) is 10.8. The van der Waals surface area contributed by atoms with Gasteiger partial charge in [-0.15, -0.1) is 0 Å². The van der Waals surface area contributed by atoms with Crippen LogP contribution in [0.5, 0.6) is 0 Å². The lowest BCUT2D eigenvalue weighted by Crippen LogP contribution is -2.03. The van der Waals surface area contributed by atoms with Gasteiger partial charge in [0.2, 0.25) is 0 Å². The summed E-state index contributed by atoms with van der Waals surface area (Å²) >= 11 is 0. The molecule has 18 heavy (non-hydrogen) atoms. The third-order valence-electron chi connectivity index (χ3n) is 3.19. The van der Waals surface area contributed by atoms with Crippen LogP contribution in [0.1, 0.15) is 38.3 Å². The number of fused-ring (bicyclic) bond motifs is 1. The molecule has 96 valence electrons. The summed E-state index contributed by atoms with van der Waals surface area (Å²) in [6.45, 7) is 5.34. The maximum atomic E-state index is 4.55. The Bertz CT molecular complexity index is 505. The zero-order valence-corrected chi connectivity index (χ0v) is 11.4. The lowest BCUT2D eigenvalue weighted by atomic mass is 10.1. The first-order valence-corrected chi connectivity index (χ1v) is 6.91. The van der Waals surface area contributed by atoms with Gasteiger partial charge >= 0.3 is 0 Å². The Kier molecular flexibility index (Phi) is 4.57. The number of aromatic nitrogens is 1. The predicted molar refractivity (Wildman–Crippen MR) is 79.1 cm³/mol. The lowest BCUT2D eigenvalue weighted by molar-refractivity contribution is 0.685. The van der Waals surface area contributed by atoms with Crippen molar-refractivity contribution in [2.45, 2.75) is 39.5 Å². The van der Waals surface area contributed by atoms with E-state index in [-0.39, 0.29) is 0 Å².